The van der Waals surface area contributed by atoms with E-state index in [0.717, 1.165) is 11.1 Å². The lowest BCUT2D eigenvalue weighted by atomic mass is 10.1. The van der Waals surface area contributed by atoms with Gasteiger partial charge >= 0.3 is 0 Å². The molecule has 0 fully saturated rings. The fourth-order valence-corrected chi connectivity index (χ4v) is 3.21. The first kappa shape index (κ1) is 20.5. The molecule has 0 radical (unpaired) electrons. The van der Waals surface area contributed by atoms with Crippen molar-refractivity contribution in [3.63, 3.8) is 0 Å². The summed E-state index contributed by atoms with van der Waals surface area (Å²) >= 11 is 0. The van der Waals surface area contributed by atoms with Crippen LogP contribution in [0.15, 0.2) is 66.9 Å². The third kappa shape index (κ3) is 4.85. The predicted octanol–water partition coefficient (Wildman–Crippen LogP) is 4.01. The number of amides is 1. The summed E-state index contributed by atoms with van der Waals surface area (Å²) in [6.45, 7) is 1.91. The molecule has 1 amide bonds. The van der Waals surface area contributed by atoms with E-state index in [4.69, 9.17) is 4.74 Å². The van der Waals surface area contributed by atoms with Crippen LogP contribution < -0.4 is 10.1 Å². The maximum absolute atomic E-state index is 13.2. The summed E-state index contributed by atoms with van der Waals surface area (Å²) in [6, 6.07) is 15.5. The van der Waals surface area contributed by atoms with Gasteiger partial charge in [-0.2, -0.15) is 4.98 Å². The van der Waals surface area contributed by atoms with Gasteiger partial charge in [0.05, 0.1) is 12.6 Å². The molecule has 1 N–H and O–H groups in total. The van der Waals surface area contributed by atoms with Gasteiger partial charge in [0.2, 0.25) is 0 Å². The average Bonchev–Trinajstić information content (AvgIpc) is 3.11. The second-order valence-electron chi connectivity index (χ2n) is 7.08. The molecule has 0 saturated carbocycles. The van der Waals surface area contributed by atoms with Crippen LogP contribution in [0.2, 0.25) is 0 Å². The van der Waals surface area contributed by atoms with Gasteiger partial charge in [0.15, 0.2) is 12.3 Å². The van der Waals surface area contributed by atoms with Crippen molar-refractivity contribution in [3.8, 4) is 6.01 Å². The number of aromatic nitrogens is 3. The Hall–Kier alpha value is -3.81. The van der Waals surface area contributed by atoms with E-state index in [1.807, 2.05) is 0 Å². The van der Waals surface area contributed by atoms with Crippen LogP contribution in [-0.4, -0.2) is 27.0 Å². The standard InChI is InChI=1S/C23H20F2N4O2/c1-15(17-6-10-19(25)11-7-17)27-21(30)14-31-23-28-20-3-2-12-26-22(20)29(23)13-16-4-8-18(24)9-5-16/h2-12,15H,13-14H2,1H3,(H,27,30). The van der Waals surface area contributed by atoms with Gasteiger partial charge in [-0.3, -0.25) is 9.36 Å². The van der Waals surface area contributed by atoms with Crippen molar-refractivity contribution in [2.75, 3.05) is 6.61 Å². The van der Waals surface area contributed by atoms with E-state index in [1.165, 1.54) is 24.3 Å². The number of rotatable bonds is 7. The molecule has 1 unspecified atom stereocenters. The van der Waals surface area contributed by atoms with Crippen molar-refractivity contribution in [1.29, 1.82) is 0 Å². The van der Waals surface area contributed by atoms with E-state index in [-0.39, 0.29) is 36.2 Å². The summed E-state index contributed by atoms with van der Waals surface area (Å²) in [5, 5.41) is 2.81. The normalized spacial score (nSPS) is 12.0. The van der Waals surface area contributed by atoms with Crippen molar-refractivity contribution in [2.45, 2.75) is 19.5 Å². The number of halogens is 2. The highest BCUT2D eigenvalue weighted by atomic mass is 19.1. The van der Waals surface area contributed by atoms with Crippen LogP contribution in [0.5, 0.6) is 6.01 Å². The lowest BCUT2D eigenvalue weighted by Gasteiger charge is -2.15. The zero-order valence-electron chi connectivity index (χ0n) is 16.8. The molecule has 0 aliphatic carbocycles. The van der Waals surface area contributed by atoms with Gasteiger partial charge in [0.1, 0.15) is 17.2 Å². The van der Waals surface area contributed by atoms with E-state index >= 15 is 0 Å². The summed E-state index contributed by atoms with van der Waals surface area (Å²) < 4.78 is 33.8. The molecule has 2 aromatic heterocycles. The van der Waals surface area contributed by atoms with Crippen molar-refractivity contribution >= 4 is 17.1 Å². The van der Waals surface area contributed by atoms with Crippen LogP contribution in [0, 0.1) is 11.6 Å². The lowest BCUT2D eigenvalue weighted by Crippen LogP contribution is -2.31. The van der Waals surface area contributed by atoms with Crippen molar-refractivity contribution in [1.82, 2.24) is 19.9 Å². The lowest BCUT2D eigenvalue weighted by molar-refractivity contribution is -0.123. The predicted molar refractivity (Wildman–Crippen MR) is 111 cm³/mol. The summed E-state index contributed by atoms with van der Waals surface area (Å²) in [6.07, 6.45) is 1.64. The zero-order chi connectivity index (χ0) is 21.8. The van der Waals surface area contributed by atoms with Gasteiger partial charge in [-0.1, -0.05) is 24.3 Å². The third-order valence-corrected chi connectivity index (χ3v) is 4.80. The van der Waals surface area contributed by atoms with Crippen LogP contribution in [0.4, 0.5) is 8.78 Å². The molecule has 6 nitrogen and oxygen atoms in total. The van der Waals surface area contributed by atoms with Gasteiger partial charge in [0.25, 0.3) is 11.9 Å². The van der Waals surface area contributed by atoms with E-state index in [9.17, 15) is 13.6 Å². The largest absolute Gasteiger partial charge is 0.455 e. The molecule has 1 atom stereocenters. The van der Waals surface area contributed by atoms with E-state index in [1.54, 1.807) is 54.1 Å². The maximum atomic E-state index is 13.2. The number of carbonyl (C=O) groups excluding carboxylic acids is 1. The maximum Gasteiger partial charge on any atom is 0.299 e. The number of nitrogens with one attached hydrogen (secondary N) is 1. The molecule has 0 bridgehead atoms. The number of carbonyl (C=O) groups is 1. The van der Waals surface area contributed by atoms with Crippen LogP contribution in [0.25, 0.3) is 11.2 Å². The van der Waals surface area contributed by atoms with E-state index in [2.05, 4.69) is 15.3 Å². The molecule has 2 aromatic carbocycles. The zero-order valence-corrected chi connectivity index (χ0v) is 16.8. The van der Waals surface area contributed by atoms with E-state index < -0.39 is 0 Å². The van der Waals surface area contributed by atoms with Crippen molar-refractivity contribution in [3.05, 3.63) is 89.6 Å². The summed E-state index contributed by atoms with van der Waals surface area (Å²) in [7, 11) is 0. The molecule has 0 saturated heterocycles. The van der Waals surface area contributed by atoms with Gasteiger partial charge < -0.3 is 10.1 Å². The first-order valence-electron chi connectivity index (χ1n) is 9.73. The molecule has 0 aliphatic rings. The highest BCUT2D eigenvalue weighted by molar-refractivity contribution is 5.78. The second-order valence-corrected chi connectivity index (χ2v) is 7.08. The number of hydrogen-bond acceptors (Lipinski definition) is 4. The van der Waals surface area contributed by atoms with Gasteiger partial charge in [0, 0.05) is 6.20 Å². The van der Waals surface area contributed by atoms with Gasteiger partial charge in [-0.05, 0) is 54.4 Å². The van der Waals surface area contributed by atoms with Crippen molar-refractivity contribution in [2.24, 2.45) is 0 Å². The van der Waals surface area contributed by atoms with Gasteiger partial charge in [-0.25, -0.2) is 13.8 Å². The van der Waals surface area contributed by atoms with Crippen LogP contribution >= 0.6 is 0 Å². The number of benzene rings is 2. The Labute approximate surface area is 177 Å². The summed E-state index contributed by atoms with van der Waals surface area (Å²) in [4.78, 5) is 21.2. The average molecular weight is 422 g/mol. The molecule has 4 aromatic rings. The topological polar surface area (TPSA) is 69.0 Å². The van der Waals surface area contributed by atoms with Crippen LogP contribution in [-0.2, 0) is 11.3 Å². The molecular formula is C23H20F2N4O2. The highest BCUT2D eigenvalue weighted by Gasteiger charge is 2.16. The van der Waals surface area contributed by atoms with Crippen LogP contribution in [0.3, 0.4) is 0 Å². The summed E-state index contributed by atoms with van der Waals surface area (Å²) in [5.41, 5.74) is 2.84. The monoisotopic (exact) mass is 422 g/mol. The Bertz CT molecular complexity index is 1190. The molecule has 0 spiro atoms. The number of ether oxygens (including phenoxy) is 1. The van der Waals surface area contributed by atoms with Crippen LogP contribution in [0.1, 0.15) is 24.1 Å². The van der Waals surface area contributed by atoms with Crippen molar-refractivity contribution < 1.29 is 18.3 Å². The minimum atomic E-state index is -0.342. The number of hydrogen-bond donors (Lipinski definition) is 1. The number of nitrogens with zero attached hydrogens (tertiary/aromatic N) is 3. The minimum absolute atomic E-state index is 0.239. The summed E-state index contributed by atoms with van der Waals surface area (Å²) in [5.74, 6) is -0.995. The molecule has 4 rings (SSSR count). The molecule has 158 valence electrons. The smallest absolute Gasteiger partial charge is 0.299 e. The Morgan fingerprint density at radius 3 is 2.45 bits per heavy atom. The Kier molecular flexibility index (Phi) is 5.88. The molecule has 2 heterocycles. The Balaban J connectivity index is 1.48. The van der Waals surface area contributed by atoms with E-state index in [0.29, 0.717) is 17.7 Å². The number of fused-ring (bicyclic) bond motifs is 1. The number of pyridine rings is 1. The first-order chi connectivity index (χ1) is 15.0. The highest BCUT2D eigenvalue weighted by Crippen LogP contribution is 2.21. The Morgan fingerprint density at radius 2 is 1.74 bits per heavy atom. The minimum Gasteiger partial charge on any atom is -0.455 e. The fourth-order valence-electron chi connectivity index (χ4n) is 3.21. The molecule has 8 heteroatoms. The fraction of sp³-hybridized carbons (Fsp3) is 0.174. The molecular weight excluding hydrogens is 402 g/mol. The van der Waals surface area contributed by atoms with Gasteiger partial charge in [-0.15, -0.1) is 0 Å². The second kappa shape index (κ2) is 8.91. The molecule has 31 heavy (non-hydrogen) atoms. The third-order valence-electron chi connectivity index (χ3n) is 4.80. The Morgan fingerprint density at radius 1 is 1.06 bits per heavy atom. The quantitative estimate of drug-likeness (QED) is 0.489. The SMILES string of the molecule is CC(NC(=O)COc1nc2cccnc2n1Cc1ccc(F)cc1)c1ccc(F)cc1. The number of imidazole rings is 1. The first-order valence-corrected chi connectivity index (χ1v) is 9.73. The molecule has 0 aliphatic heterocycles.